The molecule has 1 atom stereocenters. The van der Waals surface area contributed by atoms with Crippen LogP contribution in [-0.4, -0.2) is 123 Å². The molecule has 1 aliphatic rings. The number of hydrogen-bond acceptors (Lipinski definition) is 10. The van der Waals surface area contributed by atoms with Crippen molar-refractivity contribution >= 4 is 5.91 Å². The summed E-state index contributed by atoms with van der Waals surface area (Å²) in [5.41, 5.74) is 5.53. The Morgan fingerprint density at radius 3 is 1.18 bits per heavy atom. The molecule has 0 aromatic rings. The predicted octanol–water partition coefficient (Wildman–Crippen LogP) is -3.67. The fourth-order valence-electron chi connectivity index (χ4n) is 3.47. The van der Waals surface area contributed by atoms with Crippen molar-refractivity contribution in [2.24, 2.45) is 5.73 Å². The topological polar surface area (TPSA) is 151 Å². The van der Waals surface area contributed by atoms with Crippen molar-refractivity contribution in [3.8, 4) is 0 Å². The smallest absolute Gasteiger partial charge is 0.235 e. The largest absolute Gasteiger partial charge is 0.368 e. The van der Waals surface area contributed by atoms with E-state index in [0.29, 0.717) is 6.54 Å². The van der Waals surface area contributed by atoms with Gasteiger partial charge in [0.15, 0.2) is 0 Å². The molecule has 1 fully saturated rings. The van der Waals surface area contributed by atoms with Gasteiger partial charge in [0.2, 0.25) is 5.91 Å². The fourth-order valence-corrected chi connectivity index (χ4v) is 3.47. The highest BCUT2D eigenvalue weighted by Gasteiger charge is 2.13. The summed E-state index contributed by atoms with van der Waals surface area (Å²) >= 11 is 0. The van der Waals surface area contributed by atoms with Crippen LogP contribution in [0.1, 0.15) is 19.3 Å². The van der Waals surface area contributed by atoms with Gasteiger partial charge in [-0.1, -0.05) is 6.42 Å². The highest BCUT2D eigenvalue weighted by molar-refractivity contribution is 5.80. The highest BCUT2D eigenvalue weighted by Crippen LogP contribution is 1.92. The molecule has 1 heterocycles. The van der Waals surface area contributed by atoms with Crippen molar-refractivity contribution < 1.29 is 4.79 Å². The van der Waals surface area contributed by atoms with Crippen LogP contribution in [-0.2, 0) is 4.79 Å². The van der Waals surface area contributed by atoms with E-state index in [9.17, 15) is 4.79 Å². The lowest BCUT2D eigenvalue weighted by atomic mass is 10.2. The van der Waals surface area contributed by atoms with Gasteiger partial charge in [-0.2, -0.15) is 0 Å². The summed E-state index contributed by atoms with van der Waals surface area (Å²) in [7, 11) is 0. The van der Waals surface area contributed by atoms with Crippen molar-refractivity contribution in [2.75, 3.05) is 111 Å². The maximum atomic E-state index is 11.6. The van der Waals surface area contributed by atoms with E-state index in [1.165, 1.54) is 12.8 Å². The summed E-state index contributed by atoms with van der Waals surface area (Å²) in [5, 5.41) is 30.7. The van der Waals surface area contributed by atoms with Crippen LogP contribution in [0.4, 0.5) is 0 Å². The molecule has 1 aliphatic heterocycles. The maximum Gasteiger partial charge on any atom is 0.235 e. The number of rotatable bonds is 1. The molecule has 33 heavy (non-hydrogen) atoms. The van der Waals surface area contributed by atoms with Crippen molar-refractivity contribution in [1.29, 1.82) is 0 Å². The Labute approximate surface area is 201 Å². The number of nitrogens with one attached hydrogen (secondary N) is 9. The molecule has 0 saturated carbocycles. The normalized spacial score (nSPS) is 25.0. The molecule has 0 spiro atoms. The van der Waals surface area contributed by atoms with Gasteiger partial charge >= 0.3 is 0 Å². The molecule has 0 aromatic heterocycles. The molecule has 1 unspecified atom stereocenters. The molecule has 1 rings (SSSR count). The van der Waals surface area contributed by atoms with E-state index in [-0.39, 0.29) is 11.9 Å². The zero-order valence-electron chi connectivity index (χ0n) is 20.7. The summed E-state index contributed by atoms with van der Waals surface area (Å²) in [4.78, 5) is 11.6. The summed E-state index contributed by atoms with van der Waals surface area (Å²) in [6.45, 7) is 15.8. The van der Waals surface area contributed by atoms with Crippen molar-refractivity contribution in [3.05, 3.63) is 0 Å². The van der Waals surface area contributed by atoms with Crippen LogP contribution in [0.25, 0.3) is 0 Å². The van der Waals surface area contributed by atoms with Crippen LogP contribution in [0.5, 0.6) is 0 Å². The van der Waals surface area contributed by atoms with Gasteiger partial charge in [0, 0.05) is 98.2 Å². The lowest BCUT2D eigenvalue weighted by Gasteiger charge is -2.16. The molecule has 0 aromatic carbocycles. The first-order valence-electron chi connectivity index (χ1n) is 13.0. The number of carbonyl (C=O) groups excluding carboxylic acids is 1. The van der Waals surface area contributed by atoms with Crippen LogP contribution in [0.2, 0.25) is 0 Å². The van der Waals surface area contributed by atoms with E-state index in [0.717, 1.165) is 111 Å². The Morgan fingerprint density at radius 1 is 0.455 bits per heavy atom. The van der Waals surface area contributed by atoms with Gasteiger partial charge in [-0.3, -0.25) is 4.79 Å². The van der Waals surface area contributed by atoms with Crippen molar-refractivity contribution in [3.63, 3.8) is 0 Å². The third kappa shape index (κ3) is 21.4. The molecular formula is C22H52N10O. The number of carbonyl (C=O) groups is 1. The minimum absolute atomic E-state index is 0.300. The standard InChI is InChI=1S/C22H52N10O/c23-22(33)21-20-31-5-3-1-2-4-24-6-7-25-8-9-26-10-11-27-12-13-28-14-15-29-16-17-30-18-19-32-21/h21,24-32H,1-20H2,(H2,23,33). The molecule has 196 valence electrons. The molecule has 0 bridgehead atoms. The summed E-state index contributed by atoms with van der Waals surface area (Å²) in [6, 6.07) is -0.324. The Bertz CT molecular complexity index is 400. The zero-order chi connectivity index (χ0) is 23.7. The van der Waals surface area contributed by atoms with E-state index in [1.54, 1.807) is 0 Å². The summed E-state index contributed by atoms with van der Waals surface area (Å²) in [5.74, 6) is -0.300. The van der Waals surface area contributed by atoms with E-state index >= 15 is 0 Å². The Hall–Kier alpha value is -0.890. The molecule has 0 radical (unpaired) electrons. The first-order valence-corrected chi connectivity index (χ1v) is 13.0. The number of hydrogen-bond donors (Lipinski definition) is 10. The molecule has 1 saturated heterocycles. The second-order valence-corrected chi connectivity index (χ2v) is 8.42. The Balaban J connectivity index is 2.16. The zero-order valence-corrected chi connectivity index (χ0v) is 20.7. The van der Waals surface area contributed by atoms with Gasteiger partial charge in [0.25, 0.3) is 0 Å². The van der Waals surface area contributed by atoms with Gasteiger partial charge < -0.3 is 53.6 Å². The average molecular weight is 473 g/mol. The lowest BCUT2D eigenvalue weighted by Crippen LogP contribution is -2.49. The number of primary amides is 1. The number of amides is 1. The molecular weight excluding hydrogens is 420 g/mol. The quantitative estimate of drug-likeness (QED) is 0.185. The Kier molecular flexibility index (Phi) is 22.1. The summed E-state index contributed by atoms with van der Waals surface area (Å²) < 4.78 is 0. The lowest BCUT2D eigenvalue weighted by molar-refractivity contribution is -0.119. The monoisotopic (exact) mass is 472 g/mol. The van der Waals surface area contributed by atoms with Crippen molar-refractivity contribution in [2.45, 2.75) is 25.3 Å². The molecule has 0 aliphatic carbocycles. The predicted molar refractivity (Wildman–Crippen MR) is 138 cm³/mol. The van der Waals surface area contributed by atoms with E-state index in [1.807, 2.05) is 0 Å². The van der Waals surface area contributed by atoms with Gasteiger partial charge in [0.1, 0.15) is 0 Å². The van der Waals surface area contributed by atoms with E-state index in [2.05, 4.69) is 47.9 Å². The van der Waals surface area contributed by atoms with Gasteiger partial charge in [-0.25, -0.2) is 0 Å². The maximum absolute atomic E-state index is 11.6. The average Bonchev–Trinajstić information content (AvgIpc) is 2.80. The van der Waals surface area contributed by atoms with E-state index < -0.39 is 0 Å². The van der Waals surface area contributed by atoms with Crippen LogP contribution in [0.3, 0.4) is 0 Å². The first kappa shape index (κ1) is 30.1. The molecule has 11 nitrogen and oxygen atoms in total. The SMILES string of the molecule is NC(=O)C1CNCCCCCNCCNCCNCCNCCNCCNCCNCCN1. The highest BCUT2D eigenvalue weighted by atomic mass is 16.1. The minimum atomic E-state index is -0.324. The molecule has 11 heteroatoms. The first-order chi connectivity index (χ1) is 16.3. The fraction of sp³-hybridized carbons (Fsp3) is 0.955. The van der Waals surface area contributed by atoms with Crippen LogP contribution >= 0.6 is 0 Å². The van der Waals surface area contributed by atoms with Crippen LogP contribution < -0.4 is 53.6 Å². The third-order valence-corrected chi connectivity index (χ3v) is 5.46. The Morgan fingerprint density at radius 2 is 0.788 bits per heavy atom. The van der Waals surface area contributed by atoms with Gasteiger partial charge in [-0.15, -0.1) is 0 Å². The van der Waals surface area contributed by atoms with Gasteiger partial charge in [-0.05, 0) is 25.9 Å². The second kappa shape index (κ2) is 24.2. The molecule has 11 N–H and O–H groups in total. The van der Waals surface area contributed by atoms with Crippen LogP contribution in [0.15, 0.2) is 0 Å². The minimum Gasteiger partial charge on any atom is -0.368 e. The van der Waals surface area contributed by atoms with Gasteiger partial charge in [0.05, 0.1) is 6.04 Å². The van der Waals surface area contributed by atoms with Crippen LogP contribution in [0, 0.1) is 0 Å². The van der Waals surface area contributed by atoms with Crippen molar-refractivity contribution in [1.82, 2.24) is 47.9 Å². The van der Waals surface area contributed by atoms with E-state index in [4.69, 9.17) is 5.73 Å². The summed E-state index contributed by atoms with van der Waals surface area (Å²) in [6.07, 6.45) is 3.45. The third-order valence-electron chi connectivity index (χ3n) is 5.46. The number of nitrogens with two attached hydrogens (primary N) is 1. The molecule has 1 amide bonds. The second-order valence-electron chi connectivity index (χ2n) is 8.42.